The summed E-state index contributed by atoms with van der Waals surface area (Å²) in [5.41, 5.74) is 3.82. The Morgan fingerprint density at radius 2 is 1.48 bits per heavy atom. The van der Waals surface area contributed by atoms with Gasteiger partial charge >= 0.3 is 35.5 Å². The Hall–Kier alpha value is -2.74. The normalized spacial score (nSPS) is 19.9. The predicted octanol–water partition coefficient (Wildman–Crippen LogP) is 5.82. The van der Waals surface area contributed by atoms with Crippen molar-refractivity contribution in [3.8, 4) is 17.0 Å². The van der Waals surface area contributed by atoms with Crippen molar-refractivity contribution in [2.75, 3.05) is 7.11 Å². The predicted molar refractivity (Wildman–Crippen MR) is 154 cm³/mol. The number of carbonyl (C=O) groups is 3. The molecule has 1 aliphatic heterocycles. The van der Waals surface area contributed by atoms with Crippen LogP contribution in [-0.4, -0.2) is 64.3 Å². The zero-order valence-corrected chi connectivity index (χ0v) is 23.7. The van der Waals surface area contributed by atoms with E-state index in [-0.39, 0.29) is 57.6 Å². The Morgan fingerprint density at radius 1 is 0.925 bits per heavy atom. The van der Waals surface area contributed by atoms with E-state index in [9.17, 15) is 19.5 Å². The topological polar surface area (TPSA) is 103 Å². The molecule has 0 unspecified atom stereocenters. The second-order valence-electron chi connectivity index (χ2n) is 12.6. The molecule has 40 heavy (non-hydrogen) atoms. The fraction of sp³-hybridized carbons (Fsp3) is 0.438. The van der Waals surface area contributed by atoms with Crippen molar-refractivity contribution < 1.29 is 29.0 Å². The number of Topliss-reactive ketones (excluding diaryl/α,β-unsaturated/α-hetero) is 2. The van der Waals surface area contributed by atoms with Crippen LogP contribution in [0.1, 0.15) is 86.5 Å². The van der Waals surface area contributed by atoms with Crippen LogP contribution in [0.2, 0.25) is 0 Å². The summed E-state index contributed by atoms with van der Waals surface area (Å²) in [6, 6.07) is 7.19. The molecule has 0 radical (unpaired) electrons. The summed E-state index contributed by atoms with van der Waals surface area (Å²) >= 11 is 0. The molecule has 0 saturated heterocycles. The molecule has 1 N–H and O–H groups in total. The molecule has 3 aliphatic rings. The number of carboxylic acid groups (broad SMARTS) is 1. The first kappa shape index (κ1) is 30.2. The molecule has 206 valence electrons. The van der Waals surface area contributed by atoms with E-state index in [0.29, 0.717) is 65.4 Å². The Balaban J connectivity index is 0.00000370. The average Bonchev–Trinajstić information content (AvgIpc) is 2.81. The number of pyridine rings is 1. The number of ketones is 2. The van der Waals surface area contributed by atoms with Gasteiger partial charge in [0, 0.05) is 48.0 Å². The average molecular weight is 554 g/mol. The minimum atomic E-state index is -1.10. The van der Waals surface area contributed by atoms with Crippen LogP contribution in [0.25, 0.3) is 11.3 Å². The fourth-order valence-electron chi connectivity index (χ4n) is 6.38. The van der Waals surface area contributed by atoms with Gasteiger partial charge in [-0.1, -0.05) is 33.8 Å². The number of allylic oxidation sites excluding steroid dienone is 4. The summed E-state index contributed by atoms with van der Waals surface area (Å²) in [4.78, 5) is 43.8. The number of ether oxygens (including phenoxy) is 2. The van der Waals surface area contributed by atoms with Crippen molar-refractivity contribution in [1.29, 1.82) is 0 Å². The molecule has 0 saturated carbocycles. The Bertz CT molecular complexity index is 1460. The standard InChI is InChI=1S/C32H35NO6.Na.H/c1-16-8-10-19(33-29(16)30(36)37)18-9-11-22(38-7)25(17(18)2)28-26-20(34)12-31(3,4)14-23(26)39-24-15-32(5,6)13-21(35)27(24)28;;/h8-11,28H,12-15H2,1-7H3,(H,36,37);;. The summed E-state index contributed by atoms with van der Waals surface area (Å²) in [5, 5.41) is 9.67. The summed E-state index contributed by atoms with van der Waals surface area (Å²) < 4.78 is 12.3. The Morgan fingerprint density at radius 3 is 1.98 bits per heavy atom. The van der Waals surface area contributed by atoms with Gasteiger partial charge in [0.25, 0.3) is 0 Å². The number of methoxy groups -OCH3 is 1. The van der Waals surface area contributed by atoms with Gasteiger partial charge in [-0.25, -0.2) is 9.78 Å². The van der Waals surface area contributed by atoms with Crippen LogP contribution in [0.15, 0.2) is 46.9 Å². The number of benzene rings is 1. The van der Waals surface area contributed by atoms with Gasteiger partial charge in [0.2, 0.25) is 0 Å². The van der Waals surface area contributed by atoms with Gasteiger partial charge in [-0.2, -0.15) is 0 Å². The molecular formula is C32H36NNaO6. The van der Waals surface area contributed by atoms with Gasteiger partial charge in [0.15, 0.2) is 17.3 Å². The molecule has 0 amide bonds. The minimum absolute atomic E-state index is 0. The number of aryl methyl sites for hydroxylation is 1. The van der Waals surface area contributed by atoms with Gasteiger partial charge in [0.1, 0.15) is 17.3 Å². The number of carbonyl (C=O) groups excluding carboxylic acids is 2. The van der Waals surface area contributed by atoms with Crippen molar-refractivity contribution in [2.45, 2.75) is 73.1 Å². The van der Waals surface area contributed by atoms with Crippen LogP contribution in [0.4, 0.5) is 0 Å². The van der Waals surface area contributed by atoms with Gasteiger partial charge < -0.3 is 14.6 Å². The number of carboxylic acids is 1. The maximum atomic E-state index is 13.8. The number of rotatable bonds is 4. The van der Waals surface area contributed by atoms with E-state index < -0.39 is 11.9 Å². The molecule has 1 aromatic heterocycles. The Labute approximate surface area is 257 Å². The molecule has 0 spiro atoms. The molecular weight excluding hydrogens is 517 g/mol. The van der Waals surface area contributed by atoms with Crippen molar-refractivity contribution in [3.05, 3.63) is 69.3 Å². The Kier molecular flexibility index (Phi) is 8.00. The molecule has 7 nitrogen and oxygen atoms in total. The van der Waals surface area contributed by atoms with E-state index in [4.69, 9.17) is 9.47 Å². The van der Waals surface area contributed by atoms with Crippen LogP contribution < -0.4 is 4.74 Å². The first-order valence-electron chi connectivity index (χ1n) is 13.3. The number of hydrogen-bond acceptors (Lipinski definition) is 6. The summed E-state index contributed by atoms with van der Waals surface area (Å²) in [6.07, 6.45) is 1.91. The third kappa shape index (κ3) is 5.19. The van der Waals surface area contributed by atoms with E-state index in [0.717, 1.165) is 16.7 Å². The number of nitrogens with zero attached hydrogens (tertiary/aromatic N) is 1. The summed E-state index contributed by atoms with van der Waals surface area (Å²) in [6.45, 7) is 11.9. The van der Waals surface area contributed by atoms with Crippen molar-refractivity contribution in [1.82, 2.24) is 4.98 Å². The third-order valence-electron chi connectivity index (χ3n) is 8.14. The van der Waals surface area contributed by atoms with E-state index in [1.807, 2.05) is 19.1 Å². The first-order chi connectivity index (χ1) is 18.2. The third-order valence-corrected chi connectivity index (χ3v) is 8.14. The second-order valence-corrected chi connectivity index (χ2v) is 12.6. The molecule has 2 heterocycles. The molecule has 0 fully saturated rings. The van der Waals surface area contributed by atoms with Gasteiger partial charge in [0.05, 0.1) is 18.7 Å². The van der Waals surface area contributed by atoms with Gasteiger partial charge in [-0.15, -0.1) is 0 Å². The number of aromatic nitrogens is 1. The van der Waals surface area contributed by atoms with Crippen LogP contribution in [-0.2, 0) is 14.3 Å². The monoisotopic (exact) mass is 553 g/mol. The van der Waals surface area contributed by atoms with Gasteiger partial charge in [-0.3, -0.25) is 9.59 Å². The van der Waals surface area contributed by atoms with Crippen molar-refractivity contribution in [2.24, 2.45) is 10.8 Å². The summed E-state index contributed by atoms with van der Waals surface area (Å²) in [7, 11) is 1.58. The number of hydrogen-bond donors (Lipinski definition) is 1. The van der Waals surface area contributed by atoms with Crippen LogP contribution in [0.3, 0.4) is 0 Å². The van der Waals surface area contributed by atoms with Crippen LogP contribution in [0, 0.1) is 24.7 Å². The fourth-order valence-corrected chi connectivity index (χ4v) is 6.38. The molecule has 2 aromatic rings. The first-order valence-corrected chi connectivity index (χ1v) is 13.3. The molecule has 8 heteroatoms. The van der Waals surface area contributed by atoms with Crippen LogP contribution in [0.5, 0.6) is 5.75 Å². The summed E-state index contributed by atoms with van der Waals surface area (Å²) in [5.74, 6) is 0.0596. The quantitative estimate of drug-likeness (QED) is 0.476. The maximum absolute atomic E-state index is 13.8. The van der Waals surface area contributed by atoms with E-state index in [1.165, 1.54) is 0 Å². The van der Waals surface area contributed by atoms with Crippen LogP contribution >= 0.6 is 0 Å². The number of aromatic carboxylic acids is 1. The molecule has 0 bridgehead atoms. The molecule has 0 atom stereocenters. The molecule has 1 aromatic carbocycles. The SMILES string of the molecule is COc1ccc(-c2ccc(C)c(C(=O)O)n2)c(C)c1C1C2=C(CC(C)(C)CC2=O)OC2=C1C(=O)CC(C)(C)C2.[NaH]. The van der Waals surface area contributed by atoms with E-state index in [1.54, 1.807) is 26.2 Å². The van der Waals surface area contributed by atoms with Crippen molar-refractivity contribution >= 4 is 47.1 Å². The van der Waals surface area contributed by atoms with E-state index >= 15 is 0 Å². The molecule has 5 rings (SSSR count). The van der Waals surface area contributed by atoms with Crippen molar-refractivity contribution in [3.63, 3.8) is 0 Å². The second kappa shape index (κ2) is 10.6. The zero-order chi connectivity index (χ0) is 28.4. The van der Waals surface area contributed by atoms with Gasteiger partial charge in [-0.05, 0) is 54.0 Å². The zero-order valence-electron chi connectivity index (χ0n) is 23.7. The van der Waals surface area contributed by atoms with E-state index in [2.05, 4.69) is 32.7 Å². The molecule has 2 aliphatic carbocycles.